The summed E-state index contributed by atoms with van der Waals surface area (Å²) >= 11 is 3.35. The summed E-state index contributed by atoms with van der Waals surface area (Å²) in [5.74, 6) is -5.78. The molecule has 2 aromatic carbocycles. The maximum atomic E-state index is 13.8. The van der Waals surface area contributed by atoms with Crippen LogP contribution in [0.25, 0.3) is 11.0 Å². The number of carbonyl (C=O) groups excluding carboxylic acids is 2. The fraction of sp³-hybridized carbons (Fsp3) is 0.200. The van der Waals surface area contributed by atoms with E-state index in [-0.39, 0.29) is 12.3 Å². The van der Waals surface area contributed by atoms with Crippen molar-refractivity contribution in [2.45, 2.75) is 13.3 Å². The van der Waals surface area contributed by atoms with Gasteiger partial charge in [0, 0.05) is 11.9 Å². The standard InChI is InChI=1S/C20H16BrF3N2O3/c1-2-8-26(10-16(27)25-14-7-6-13(22)17(23)18(14)24)20(28)15-9-11-4-3-5-12(21)19(11)29-15/h3-7,9H,2,8,10H2,1H3,(H,25,27). The summed E-state index contributed by atoms with van der Waals surface area (Å²) in [7, 11) is 0. The molecule has 3 aromatic rings. The van der Waals surface area contributed by atoms with E-state index in [4.69, 9.17) is 4.42 Å². The molecule has 29 heavy (non-hydrogen) atoms. The van der Waals surface area contributed by atoms with Crippen LogP contribution >= 0.6 is 15.9 Å². The average molecular weight is 469 g/mol. The van der Waals surface area contributed by atoms with Crippen molar-refractivity contribution in [3.63, 3.8) is 0 Å². The number of amides is 2. The molecule has 3 rings (SSSR count). The van der Waals surface area contributed by atoms with Gasteiger partial charge in [-0.25, -0.2) is 13.2 Å². The Labute approximate surface area is 172 Å². The molecule has 0 saturated heterocycles. The van der Waals surface area contributed by atoms with Gasteiger partial charge in [-0.15, -0.1) is 0 Å². The summed E-state index contributed by atoms with van der Waals surface area (Å²) in [4.78, 5) is 26.3. The average Bonchev–Trinajstić information content (AvgIpc) is 3.13. The molecule has 0 bridgehead atoms. The molecule has 2 amide bonds. The Kier molecular flexibility index (Phi) is 6.26. The predicted octanol–water partition coefficient (Wildman–Crippen LogP) is 5.10. The number of nitrogens with one attached hydrogen (secondary N) is 1. The number of rotatable bonds is 6. The van der Waals surface area contributed by atoms with E-state index in [1.54, 1.807) is 24.3 Å². The summed E-state index contributed by atoms with van der Waals surface area (Å²) in [6, 6.07) is 8.53. The summed E-state index contributed by atoms with van der Waals surface area (Å²) in [5.41, 5.74) is -0.00827. The first-order valence-corrected chi connectivity index (χ1v) is 9.51. The van der Waals surface area contributed by atoms with E-state index in [2.05, 4.69) is 21.2 Å². The summed E-state index contributed by atoms with van der Waals surface area (Å²) < 4.78 is 46.4. The zero-order valence-electron chi connectivity index (χ0n) is 15.3. The molecule has 0 atom stereocenters. The first kappa shape index (κ1) is 20.9. The first-order chi connectivity index (χ1) is 13.8. The smallest absolute Gasteiger partial charge is 0.290 e. The highest BCUT2D eigenvalue weighted by atomic mass is 79.9. The number of hydrogen-bond donors (Lipinski definition) is 1. The van der Waals surface area contributed by atoms with E-state index in [0.29, 0.717) is 27.9 Å². The number of fused-ring (bicyclic) bond motifs is 1. The Bertz CT molecular complexity index is 1080. The molecule has 0 aliphatic rings. The number of furan rings is 1. The highest BCUT2D eigenvalue weighted by Gasteiger charge is 2.23. The Morgan fingerprint density at radius 1 is 1.14 bits per heavy atom. The Morgan fingerprint density at radius 2 is 1.90 bits per heavy atom. The molecule has 0 radical (unpaired) electrons. The van der Waals surface area contributed by atoms with Crippen LogP contribution in [0.15, 0.2) is 45.3 Å². The van der Waals surface area contributed by atoms with E-state index in [1.165, 1.54) is 4.90 Å². The van der Waals surface area contributed by atoms with Crippen LogP contribution in [0.5, 0.6) is 0 Å². The molecule has 0 aliphatic carbocycles. The highest BCUT2D eigenvalue weighted by molar-refractivity contribution is 9.10. The van der Waals surface area contributed by atoms with Crippen molar-refractivity contribution in [1.29, 1.82) is 0 Å². The molecular weight excluding hydrogens is 453 g/mol. The van der Waals surface area contributed by atoms with Gasteiger partial charge in [-0.3, -0.25) is 9.59 Å². The third kappa shape index (κ3) is 4.45. The molecule has 5 nitrogen and oxygen atoms in total. The van der Waals surface area contributed by atoms with E-state index >= 15 is 0 Å². The molecular formula is C20H16BrF3N2O3. The molecule has 1 N–H and O–H groups in total. The van der Waals surface area contributed by atoms with Gasteiger partial charge >= 0.3 is 0 Å². The minimum atomic E-state index is -1.68. The lowest BCUT2D eigenvalue weighted by atomic mass is 10.2. The molecule has 9 heteroatoms. The van der Waals surface area contributed by atoms with Crippen LogP contribution < -0.4 is 5.32 Å². The lowest BCUT2D eigenvalue weighted by molar-refractivity contribution is -0.116. The minimum Gasteiger partial charge on any atom is -0.450 e. The summed E-state index contributed by atoms with van der Waals surface area (Å²) in [6.07, 6.45) is 0.558. The zero-order valence-corrected chi connectivity index (χ0v) is 16.9. The normalized spacial score (nSPS) is 10.9. The van der Waals surface area contributed by atoms with Crippen molar-refractivity contribution in [2.75, 3.05) is 18.4 Å². The number of nitrogens with zero attached hydrogens (tertiary/aromatic N) is 1. The molecule has 0 fully saturated rings. The van der Waals surface area contributed by atoms with Gasteiger partial charge in [-0.1, -0.05) is 19.1 Å². The number of hydrogen-bond acceptors (Lipinski definition) is 3. The molecule has 0 saturated carbocycles. The second-order valence-corrected chi connectivity index (χ2v) is 7.12. The van der Waals surface area contributed by atoms with E-state index in [9.17, 15) is 22.8 Å². The summed E-state index contributed by atoms with van der Waals surface area (Å²) in [5, 5.41) is 2.87. The Hall–Kier alpha value is -2.81. The first-order valence-electron chi connectivity index (χ1n) is 8.72. The number of para-hydroxylation sites is 1. The molecule has 152 valence electrons. The lowest BCUT2D eigenvalue weighted by Gasteiger charge is -2.20. The maximum Gasteiger partial charge on any atom is 0.290 e. The number of carbonyl (C=O) groups is 2. The van der Waals surface area contributed by atoms with Gasteiger partial charge in [-0.2, -0.15) is 0 Å². The van der Waals surface area contributed by atoms with Crippen molar-refractivity contribution in [3.05, 3.63) is 64.1 Å². The van der Waals surface area contributed by atoms with Crippen molar-refractivity contribution < 1.29 is 27.2 Å². The van der Waals surface area contributed by atoms with Crippen LogP contribution in [0, 0.1) is 17.5 Å². The van der Waals surface area contributed by atoms with Crippen LogP contribution in [-0.4, -0.2) is 29.8 Å². The molecule has 0 aliphatic heterocycles. The van der Waals surface area contributed by atoms with Gasteiger partial charge in [0.15, 0.2) is 23.2 Å². The van der Waals surface area contributed by atoms with Crippen molar-refractivity contribution in [1.82, 2.24) is 4.90 Å². The van der Waals surface area contributed by atoms with Gasteiger partial charge in [0.25, 0.3) is 5.91 Å². The minimum absolute atomic E-state index is 0.0483. The predicted molar refractivity (Wildman–Crippen MR) is 105 cm³/mol. The SMILES string of the molecule is CCCN(CC(=O)Nc1ccc(F)c(F)c1F)C(=O)c1cc2cccc(Br)c2o1. The Balaban J connectivity index is 1.78. The fourth-order valence-electron chi connectivity index (χ4n) is 2.80. The molecule has 1 aromatic heterocycles. The lowest BCUT2D eigenvalue weighted by Crippen LogP contribution is -2.38. The second-order valence-electron chi connectivity index (χ2n) is 6.27. The van der Waals surface area contributed by atoms with Crippen molar-refractivity contribution in [2.24, 2.45) is 0 Å². The van der Waals surface area contributed by atoms with Crippen molar-refractivity contribution in [3.8, 4) is 0 Å². The van der Waals surface area contributed by atoms with Gasteiger partial charge in [0.1, 0.15) is 12.1 Å². The van der Waals surface area contributed by atoms with Gasteiger partial charge < -0.3 is 14.6 Å². The Morgan fingerprint density at radius 3 is 2.59 bits per heavy atom. The number of benzene rings is 2. The summed E-state index contributed by atoms with van der Waals surface area (Å²) in [6.45, 7) is 1.65. The molecule has 0 spiro atoms. The van der Waals surface area contributed by atoms with Crippen LogP contribution in [-0.2, 0) is 4.79 Å². The van der Waals surface area contributed by atoms with E-state index in [0.717, 1.165) is 6.07 Å². The van der Waals surface area contributed by atoms with E-state index < -0.39 is 41.5 Å². The maximum absolute atomic E-state index is 13.8. The van der Waals surface area contributed by atoms with Gasteiger partial charge in [-0.05, 0) is 46.6 Å². The van der Waals surface area contributed by atoms with Crippen LogP contribution in [0.3, 0.4) is 0 Å². The third-order valence-electron chi connectivity index (χ3n) is 4.13. The van der Waals surface area contributed by atoms with Crippen LogP contribution in [0.1, 0.15) is 23.9 Å². The largest absolute Gasteiger partial charge is 0.450 e. The van der Waals surface area contributed by atoms with Gasteiger partial charge in [0.2, 0.25) is 5.91 Å². The quantitative estimate of drug-likeness (QED) is 0.511. The van der Waals surface area contributed by atoms with Gasteiger partial charge in [0.05, 0.1) is 10.2 Å². The third-order valence-corrected chi connectivity index (χ3v) is 4.76. The molecule has 1 heterocycles. The fourth-order valence-corrected chi connectivity index (χ4v) is 3.26. The van der Waals surface area contributed by atoms with Crippen LogP contribution in [0.2, 0.25) is 0 Å². The monoisotopic (exact) mass is 468 g/mol. The van der Waals surface area contributed by atoms with Crippen LogP contribution in [0.4, 0.5) is 18.9 Å². The number of anilines is 1. The molecule has 0 unspecified atom stereocenters. The van der Waals surface area contributed by atoms with Crippen molar-refractivity contribution >= 4 is 44.4 Å². The highest BCUT2D eigenvalue weighted by Crippen LogP contribution is 2.27. The van der Waals surface area contributed by atoms with E-state index in [1.807, 2.05) is 6.92 Å². The topological polar surface area (TPSA) is 62.6 Å². The number of halogens is 4. The second kappa shape index (κ2) is 8.69. The zero-order chi connectivity index (χ0) is 21.1.